The van der Waals surface area contributed by atoms with E-state index in [1.165, 1.54) is 19.1 Å². The fourth-order valence-electron chi connectivity index (χ4n) is 1.85. The molecule has 0 aromatic heterocycles. The van der Waals surface area contributed by atoms with Crippen LogP contribution in [0.5, 0.6) is 11.5 Å². The molecule has 0 aliphatic carbocycles. The Hall–Kier alpha value is -1.40. The highest BCUT2D eigenvalue weighted by Gasteiger charge is 2.34. The van der Waals surface area contributed by atoms with Gasteiger partial charge in [-0.2, -0.15) is 4.31 Å². The topological polar surface area (TPSA) is 134 Å². The molecule has 114 valence electrons. The predicted octanol–water partition coefficient (Wildman–Crippen LogP) is 2.44. The molecule has 2 rings (SSSR count). The quantitative estimate of drug-likeness (QED) is 0.627. The zero-order chi connectivity index (χ0) is 15.8. The van der Waals surface area contributed by atoms with Gasteiger partial charge in [-0.3, -0.25) is 4.89 Å². The minimum absolute atomic E-state index is 0.0564. The number of phosphoric acid groups is 2. The average molecular weight is 334 g/mol. The van der Waals surface area contributed by atoms with Gasteiger partial charge in [0.25, 0.3) is 0 Å². The fourth-order valence-corrected chi connectivity index (χ4v) is 3.53. The van der Waals surface area contributed by atoms with Crippen LogP contribution in [-0.2, 0) is 13.4 Å². The molecule has 0 bridgehead atoms. The van der Waals surface area contributed by atoms with Crippen LogP contribution in [0.15, 0.2) is 30.3 Å². The lowest BCUT2D eigenvalue weighted by Gasteiger charge is -2.17. The number of rotatable bonds is 4. The summed E-state index contributed by atoms with van der Waals surface area (Å²) in [4.78, 5) is 26.6. The van der Waals surface area contributed by atoms with E-state index in [9.17, 15) is 19.1 Å². The van der Waals surface area contributed by atoms with Gasteiger partial charge in [0.2, 0.25) is 0 Å². The van der Waals surface area contributed by atoms with Gasteiger partial charge < -0.3 is 19.4 Å². The van der Waals surface area contributed by atoms with Crippen LogP contribution in [0, 0.1) is 6.92 Å². The van der Waals surface area contributed by atoms with Gasteiger partial charge in [-0.05, 0) is 18.6 Å². The maximum atomic E-state index is 11.6. The van der Waals surface area contributed by atoms with E-state index in [1.807, 2.05) is 0 Å². The van der Waals surface area contributed by atoms with Crippen molar-refractivity contribution in [2.45, 2.75) is 6.92 Å². The average Bonchev–Trinajstić information content (AvgIpc) is 2.31. The highest BCUT2D eigenvalue weighted by Crippen LogP contribution is 2.58. The fraction of sp³-hybridized carbons (Fsp3) is 0.0909. The molecular weight excluding hydrogens is 322 g/mol. The number of hydrogen-bond acceptors (Lipinski definition) is 5. The Labute approximate surface area is 119 Å². The van der Waals surface area contributed by atoms with E-state index in [4.69, 9.17) is 14.3 Å². The normalized spacial score (nSPS) is 14.9. The van der Waals surface area contributed by atoms with Crippen molar-refractivity contribution in [1.82, 2.24) is 0 Å². The van der Waals surface area contributed by atoms with Crippen molar-refractivity contribution < 1.29 is 37.8 Å². The van der Waals surface area contributed by atoms with Crippen LogP contribution in [0.2, 0.25) is 0 Å². The summed E-state index contributed by atoms with van der Waals surface area (Å²) in [7, 11) is -10.2. The summed E-state index contributed by atoms with van der Waals surface area (Å²) >= 11 is 0. The van der Waals surface area contributed by atoms with E-state index >= 15 is 0 Å². The molecule has 1 atom stereocenters. The number of fused-ring (bicyclic) bond motifs is 1. The van der Waals surface area contributed by atoms with Crippen molar-refractivity contribution in [1.29, 1.82) is 0 Å². The molecule has 0 amide bonds. The van der Waals surface area contributed by atoms with Crippen LogP contribution in [0.1, 0.15) is 5.56 Å². The van der Waals surface area contributed by atoms with Crippen molar-refractivity contribution in [2.24, 2.45) is 0 Å². The van der Waals surface area contributed by atoms with Gasteiger partial charge in [0.1, 0.15) is 11.5 Å². The summed E-state index contributed by atoms with van der Waals surface area (Å²) in [6.07, 6.45) is 0. The largest absolute Gasteiger partial charge is 0.536 e. The molecule has 0 heterocycles. The van der Waals surface area contributed by atoms with Gasteiger partial charge in [-0.15, -0.1) is 0 Å². The minimum Gasteiger partial charge on any atom is -0.507 e. The zero-order valence-electron chi connectivity index (χ0n) is 10.7. The second-order valence-electron chi connectivity index (χ2n) is 4.22. The lowest BCUT2D eigenvalue weighted by atomic mass is 10.1. The van der Waals surface area contributed by atoms with Gasteiger partial charge in [0.05, 0.1) is 0 Å². The molecular formula is C11H12O8P2. The summed E-state index contributed by atoms with van der Waals surface area (Å²) in [6.45, 7) is 1.50. The van der Waals surface area contributed by atoms with E-state index in [1.54, 1.807) is 18.2 Å². The molecule has 8 nitrogen and oxygen atoms in total. The SMILES string of the molecule is Cc1cc(O)c2ccccc2c1OP(=O)(O)OP(=O)(O)O. The van der Waals surface area contributed by atoms with E-state index < -0.39 is 15.6 Å². The van der Waals surface area contributed by atoms with Gasteiger partial charge in [0.15, 0.2) is 0 Å². The zero-order valence-corrected chi connectivity index (χ0v) is 12.5. The predicted molar refractivity (Wildman–Crippen MR) is 73.9 cm³/mol. The Morgan fingerprint density at radius 3 is 2.19 bits per heavy atom. The van der Waals surface area contributed by atoms with E-state index in [0.29, 0.717) is 16.3 Å². The van der Waals surface area contributed by atoms with Crippen molar-refractivity contribution in [3.05, 3.63) is 35.9 Å². The first-order chi connectivity index (χ1) is 9.59. The van der Waals surface area contributed by atoms with Crippen molar-refractivity contribution in [3.8, 4) is 11.5 Å². The number of aryl methyl sites for hydroxylation is 1. The smallest absolute Gasteiger partial charge is 0.507 e. The molecule has 0 spiro atoms. The Morgan fingerprint density at radius 1 is 1.05 bits per heavy atom. The third-order valence-electron chi connectivity index (χ3n) is 2.58. The lowest BCUT2D eigenvalue weighted by Crippen LogP contribution is -1.98. The lowest BCUT2D eigenvalue weighted by molar-refractivity contribution is 0.229. The van der Waals surface area contributed by atoms with Gasteiger partial charge >= 0.3 is 15.6 Å². The Bertz CT molecular complexity index is 781. The number of hydrogen-bond donors (Lipinski definition) is 4. The summed E-state index contributed by atoms with van der Waals surface area (Å²) < 4.78 is 30.8. The molecule has 0 saturated carbocycles. The summed E-state index contributed by atoms with van der Waals surface area (Å²) in [5.74, 6) is -0.165. The molecule has 2 aromatic carbocycles. The molecule has 0 aliphatic heterocycles. The van der Waals surface area contributed by atoms with Crippen LogP contribution < -0.4 is 4.52 Å². The van der Waals surface area contributed by atoms with Crippen molar-refractivity contribution >= 4 is 26.4 Å². The third kappa shape index (κ3) is 3.83. The second-order valence-corrected chi connectivity index (χ2v) is 6.97. The van der Waals surface area contributed by atoms with Crippen molar-refractivity contribution in [2.75, 3.05) is 0 Å². The highest BCUT2D eigenvalue weighted by molar-refractivity contribution is 7.60. The number of aromatic hydroxyl groups is 1. The summed E-state index contributed by atoms with van der Waals surface area (Å²) in [6, 6.07) is 7.64. The Balaban J connectivity index is 2.53. The standard InChI is InChI=1S/C11H12O8P2/c1-7-6-10(12)8-4-2-3-5-9(8)11(7)18-21(16,17)19-20(13,14)15/h2-6,12H,1H3,(H,16,17)(H2,13,14,15). The number of benzene rings is 2. The van der Waals surface area contributed by atoms with Crippen LogP contribution in [0.25, 0.3) is 10.8 Å². The number of phosphoric ester groups is 1. The molecule has 2 aromatic rings. The highest BCUT2D eigenvalue weighted by atomic mass is 31.3. The maximum absolute atomic E-state index is 11.6. The molecule has 0 aliphatic rings. The Kier molecular flexibility index (Phi) is 4.13. The minimum atomic E-state index is -5.20. The molecule has 4 N–H and O–H groups in total. The number of phenols is 1. The molecule has 1 unspecified atom stereocenters. The van der Waals surface area contributed by atoms with Crippen LogP contribution in [-0.4, -0.2) is 19.8 Å². The van der Waals surface area contributed by atoms with Crippen LogP contribution in [0.4, 0.5) is 0 Å². The van der Waals surface area contributed by atoms with E-state index in [0.717, 1.165) is 0 Å². The third-order valence-corrected chi connectivity index (χ3v) is 4.66. The molecule has 10 heteroatoms. The van der Waals surface area contributed by atoms with E-state index in [-0.39, 0.29) is 11.5 Å². The molecule has 0 fully saturated rings. The van der Waals surface area contributed by atoms with Crippen LogP contribution in [0.3, 0.4) is 0 Å². The summed E-state index contributed by atoms with van der Waals surface area (Å²) in [5, 5.41) is 10.5. The van der Waals surface area contributed by atoms with Gasteiger partial charge in [0, 0.05) is 10.8 Å². The molecule has 0 saturated heterocycles. The first-order valence-corrected chi connectivity index (χ1v) is 8.62. The van der Waals surface area contributed by atoms with Crippen LogP contribution >= 0.6 is 15.6 Å². The monoisotopic (exact) mass is 334 g/mol. The number of phenolic OH excluding ortho intramolecular Hbond substituents is 1. The maximum Gasteiger partial charge on any atom is 0.536 e. The summed E-state index contributed by atoms with van der Waals surface area (Å²) in [5.41, 5.74) is 0.301. The second kappa shape index (κ2) is 5.42. The van der Waals surface area contributed by atoms with Crippen molar-refractivity contribution in [3.63, 3.8) is 0 Å². The molecule has 0 radical (unpaired) electrons. The first kappa shape index (κ1) is 16.0. The van der Waals surface area contributed by atoms with E-state index in [2.05, 4.69) is 4.31 Å². The molecule has 21 heavy (non-hydrogen) atoms. The first-order valence-electron chi connectivity index (χ1n) is 5.60. The van der Waals surface area contributed by atoms with Gasteiger partial charge in [-0.1, -0.05) is 24.3 Å². The Morgan fingerprint density at radius 2 is 1.62 bits per heavy atom. The van der Waals surface area contributed by atoms with Gasteiger partial charge in [-0.25, -0.2) is 9.13 Å².